The number of hydrogen-bond acceptors (Lipinski definition) is 2. The first-order valence-corrected chi connectivity index (χ1v) is 6.60. The van der Waals surface area contributed by atoms with Gasteiger partial charge in [0.05, 0.1) is 5.92 Å². The molecule has 0 bridgehead atoms. The zero-order valence-corrected chi connectivity index (χ0v) is 11.5. The van der Waals surface area contributed by atoms with Crippen molar-refractivity contribution in [3.8, 4) is 0 Å². The lowest BCUT2D eigenvalue weighted by Gasteiger charge is -2.23. The van der Waals surface area contributed by atoms with Gasteiger partial charge in [-0.2, -0.15) is 0 Å². The molecular weight excluding hydrogens is 226 g/mol. The second kappa shape index (κ2) is 7.17. The maximum Gasteiger partial charge on any atom is 0.307 e. The Kier molecular flexibility index (Phi) is 5.86. The molecule has 100 valence electrons. The van der Waals surface area contributed by atoms with Gasteiger partial charge in [0.2, 0.25) is 0 Å². The summed E-state index contributed by atoms with van der Waals surface area (Å²) >= 11 is 0. The molecular formula is C15H23NO2. The van der Waals surface area contributed by atoms with Gasteiger partial charge in [0, 0.05) is 13.1 Å². The number of carboxylic acids is 1. The van der Waals surface area contributed by atoms with E-state index < -0.39 is 5.97 Å². The van der Waals surface area contributed by atoms with Gasteiger partial charge in [0.1, 0.15) is 0 Å². The van der Waals surface area contributed by atoms with Crippen LogP contribution in [0.1, 0.15) is 31.9 Å². The summed E-state index contributed by atoms with van der Waals surface area (Å²) in [5.74, 6) is -1.05. The van der Waals surface area contributed by atoms with E-state index in [1.165, 1.54) is 11.1 Å². The van der Waals surface area contributed by atoms with Gasteiger partial charge in [-0.25, -0.2) is 0 Å². The summed E-state index contributed by atoms with van der Waals surface area (Å²) in [5, 5.41) is 8.97. The number of nitrogens with zero attached hydrogens (tertiary/aromatic N) is 1. The minimum Gasteiger partial charge on any atom is -0.481 e. The van der Waals surface area contributed by atoms with Crippen LogP contribution in [-0.2, 0) is 17.8 Å². The highest BCUT2D eigenvalue weighted by molar-refractivity contribution is 5.69. The topological polar surface area (TPSA) is 40.5 Å². The third kappa shape index (κ3) is 4.15. The fourth-order valence-electron chi connectivity index (χ4n) is 2.07. The van der Waals surface area contributed by atoms with Crippen molar-refractivity contribution in [2.45, 2.75) is 33.7 Å². The van der Waals surface area contributed by atoms with E-state index in [-0.39, 0.29) is 5.92 Å². The Morgan fingerprint density at radius 3 is 2.39 bits per heavy atom. The van der Waals surface area contributed by atoms with Crippen LogP contribution < -0.4 is 0 Å². The molecule has 0 saturated heterocycles. The van der Waals surface area contributed by atoms with E-state index in [0.717, 1.165) is 19.5 Å². The van der Waals surface area contributed by atoms with Crippen molar-refractivity contribution in [1.82, 2.24) is 4.90 Å². The van der Waals surface area contributed by atoms with Gasteiger partial charge in [0.15, 0.2) is 0 Å². The Morgan fingerprint density at radius 1 is 1.28 bits per heavy atom. The molecule has 1 aromatic carbocycles. The maximum atomic E-state index is 10.9. The summed E-state index contributed by atoms with van der Waals surface area (Å²) < 4.78 is 0. The average Bonchev–Trinajstić information content (AvgIpc) is 2.38. The van der Waals surface area contributed by atoms with Crippen molar-refractivity contribution in [2.75, 3.05) is 13.1 Å². The molecule has 1 atom stereocenters. The molecule has 0 aromatic heterocycles. The third-order valence-corrected chi connectivity index (χ3v) is 3.29. The predicted molar refractivity (Wildman–Crippen MR) is 73.6 cm³/mol. The van der Waals surface area contributed by atoms with Crippen molar-refractivity contribution in [1.29, 1.82) is 0 Å². The number of aliphatic carboxylic acids is 1. The standard InChI is InChI=1S/C15H23NO2/c1-4-13-8-6-7-9-14(13)11-16(5-2)10-12(3)15(17)18/h6-9,12H,4-5,10-11H2,1-3H3,(H,17,18). The number of rotatable bonds is 7. The van der Waals surface area contributed by atoms with Crippen molar-refractivity contribution in [3.63, 3.8) is 0 Å². The number of carbonyl (C=O) groups is 1. The Hall–Kier alpha value is -1.35. The van der Waals surface area contributed by atoms with Gasteiger partial charge in [-0.15, -0.1) is 0 Å². The lowest BCUT2D eigenvalue weighted by Crippen LogP contribution is -2.31. The first-order valence-electron chi connectivity index (χ1n) is 6.60. The van der Waals surface area contributed by atoms with E-state index >= 15 is 0 Å². The highest BCUT2D eigenvalue weighted by atomic mass is 16.4. The lowest BCUT2D eigenvalue weighted by atomic mass is 10.0. The molecule has 1 rings (SSSR count). The van der Waals surface area contributed by atoms with Crippen LogP contribution in [0, 0.1) is 5.92 Å². The molecule has 1 unspecified atom stereocenters. The van der Waals surface area contributed by atoms with Gasteiger partial charge >= 0.3 is 5.97 Å². The zero-order valence-electron chi connectivity index (χ0n) is 11.5. The smallest absolute Gasteiger partial charge is 0.307 e. The van der Waals surface area contributed by atoms with Gasteiger partial charge in [-0.3, -0.25) is 9.69 Å². The van der Waals surface area contributed by atoms with Gasteiger partial charge in [-0.05, 0) is 24.1 Å². The maximum absolute atomic E-state index is 10.9. The summed E-state index contributed by atoms with van der Waals surface area (Å²) in [4.78, 5) is 13.1. The molecule has 0 heterocycles. The molecule has 0 aliphatic carbocycles. The molecule has 0 radical (unpaired) electrons. The molecule has 0 spiro atoms. The lowest BCUT2D eigenvalue weighted by molar-refractivity contribution is -0.141. The number of carboxylic acid groups (broad SMARTS) is 1. The monoisotopic (exact) mass is 249 g/mol. The van der Waals surface area contributed by atoms with Crippen LogP contribution in [0.4, 0.5) is 0 Å². The van der Waals surface area contributed by atoms with E-state index in [2.05, 4.69) is 36.9 Å². The summed E-state index contributed by atoms with van der Waals surface area (Å²) in [7, 11) is 0. The minimum atomic E-state index is -0.725. The van der Waals surface area contributed by atoms with E-state index in [0.29, 0.717) is 6.54 Å². The Labute approximate surface area is 109 Å². The van der Waals surface area contributed by atoms with E-state index in [9.17, 15) is 4.79 Å². The van der Waals surface area contributed by atoms with Crippen molar-refractivity contribution in [3.05, 3.63) is 35.4 Å². The molecule has 1 N–H and O–H groups in total. The van der Waals surface area contributed by atoms with E-state index in [1.54, 1.807) is 6.92 Å². The molecule has 3 heteroatoms. The van der Waals surface area contributed by atoms with Crippen LogP contribution in [0.2, 0.25) is 0 Å². The highest BCUT2D eigenvalue weighted by Crippen LogP contribution is 2.13. The molecule has 3 nitrogen and oxygen atoms in total. The average molecular weight is 249 g/mol. The van der Waals surface area contributed by atoms with Crippen LogP contribution in [0.3, 0.4) is 0 Å². The second-order valence-corrected chi connectivity index (χ2v) is 4.69. The first kappa shape index (κ1) is 14.7. The summed E-state index contributed by atoms with van der Waals surface area (Å²) in [6.07, 6.45) is 1.02. The van der Waals surface area contributed by atoms with E-state index in [1.807, 2.05) is 6.07 Å². The minimum absolute atomic E-state index is 0.321. The molecule has 0 saturated carbocycles. The van der Waals surface area contributed by atoms with Crippen molar-refractivity contribution in [2.24, 2.45) is 5.92 Å². The number of hydrogen-bond donors (Lipinski definition) is 1. The van der Waals surface area contributed by atoms with E-state index in [4.69, 9.17) is 5.11 Å². The first-order chi connectivity index (χ1) is 8.58. The zero-order chi connectivity index (χ0) is 13.5. The van der Waals surface area contributed by atoms with Crippen LogP contribution in [0.25, 0.3) is 0 Å². The van der Waals surface area contributed by atoms with Gasteiger partial charge in [0.25, 0.3) is 0 Å². The largest absolute Gasteiger partial charge is 0.481 e. The third-order valence-electron chi connectivity index (χ3n) is 3.29. The number of aryl methyl sites for hydroxylation is 1. The van der Waals surface area contributed by atoms with Crippen molar-refractivity contribution < 1.29 is 9.90 Å². The molecule has 0 aliphatic heterocycles. The Morgan fingerprint density at radius 2 is 1.89 bits per heavy atom. The molecule has 0 aliphatic rings. The van der Waals surface area contributed by atoms with Crippen molar-refractivity contribution >= 4 is 5.97 Å². The quantitative estimate of drug-likeness (QED) is 0.807. The Balaban J connectivity index is 2.70. The van der Waals surface area contributed by atoms with Crippen LogP contribution >= 0.6 is 0 Å². The summed E-state index contributed by atoms with van der Waals surface area (Å²) in [6.45, 7) is 8.28. The molecule has 0 fully saturated rings. The summed E-state index contributed by atoms with van der Waals surface area (Å²) in [5.41, 5.74) is 2.65. The summed E-state index contributed by atoms with van der Waals surface area (Å²) in [6, 6.07) is 8.37. The fraction of sp³-hybridized carbons (Fsp3) is 0.533. The second-order valence-electron chi connectivity index (χ2n) is 4.69. The highest BCUT2D eigenvalue weighted by Gasteiger charge is 2.15. The van der Waals surface area contributed by atoms with Crippen LogP contribution in [0.15, 0.2) is 24.3 Å². The van der Waals surface area contributed by atoms with Gasteiger partial charge in [-0.1, -0.05) is 45.0 Å². The molecule has 0 amide bonds. The van der Waals surface area contributed by atoms with Crippen LogP contribution in [0.5, 0.6) is 0 Å². The Bertz CT molecular complexity index is 390. The SMILES string of the molecule is CCc1ccccc1CN(CC)CC(C)C(=O)O. The normalized spacial score (nSPS) is 12.7. The predicted octanol–water partition coefficient (Wildman–Crippen LogP) is 2.79. The van der Waals surface area contributed by atoms with Gasteiger partial charge < -0.3 is 5.11 Å². The molecule has 18 heavy (non-hydrogen) atoms. The molecule has 1 aromatic rings. The fourth-order valence-corrected chi connectivity index (χ4v) is 2.07. The van der Waals surface area contributed by atoms with Crippen LogP contribution in [-0.4, -0.2) is 29.1 Å². The number of benzene rings is 1.